The minimum atomic E-state index is -3.74. The van der Waals surface area contributed by atoms with Crippen LogP contribution in [0.15, 0.2) is 48.5 Å². The molecule has 0 saturated heterocycles. The van der Waals surface area contributed by atoms with Gasteiger partial charge in [-0.15, -0.1) is 0 Å². The average molecular weight is 606 g/mol. The maximum atomic E-state index is 13.5. The fourth-order valence-corrected chi connectivity index (χ4v) is 4.64. The Bertz CT molecular complexity index is 1060. The lowest BCUT2D eigenvalue weighted by molar-refractivity contribution is -0.140. The summed E-state index contributed by atoms with van der Waals surface area (Å²) in [5.74, 6) is -0.755. The number of halogens is 2. The number of anilines is 1. The summed E-state index contributed by atoms with van der Waals surface area (Å²) in [5.41, 5.74) is 1.17. The minimum absolute atomic E-state index is 0.0988. The van der Waals surface area contributed by atoms with Crippen LogP contribution in [0.5, 0.6) is 0 Å². The summed E-state index contributed by atoms with van der Waals surface area (Å²) in [7, 11) is -3.74. The lowest BCUT2D eigenvalue weighted by Gasteiger charge is -2.33. The van der Waals surface area contributed by atoms with Gasteiger partial charge in [0.05, 0.1) is 11.9 Å². The Morgan fingerprint density at radius 2 is 1.64 bits per heavy atom. The highest BCUT2D eigenvalue weighted by Crippen LogP contribution is 2.21. The first-order valence-corrected chi connectivity index (χ1v) is 13.8. The number of hydrogen-bond donors (Lipinski definition) is 1. The molecular weight excluding hydrogens is 577 g/mol. The molecule has 7 nitrogen and oxygen atoms in total. The van der Waals surface area contributed by atoms with Crippen molar-refractivity contribution >= 4 is 61.7 Å². The number of carbonyl (C=O) groups excluding carboxylic acids is 2. The standard InChI is InChI=1S/C23H29ClIN3O4S/c1-5-21(23(30)26-16(2)3)27(14-17-6-8-18(24)9-7-17)22(29)15-28(33(4,31)32)20-12-10-19(25)11-13-20/h6-13,16,21H,5,14-15H2,1-4H3,(H,26,30). The van der Waals surface area contributed by atoms with Gasteiger partial charge in [-0.25, -0.2) is 8.42 Å². The van der Waals surface area contributed by atoms with Crippen molar-refractivity contribution in [2.75, 3.05) is 17.1 Å². The summed E-state index contributed by atoms with van der Waals surface area (Å²) in [6, 6.07) is 13.0. The lowest BCUT2D eigenvalue weighted by atomic mass is 10.1. The summed E-state index contributed by atoms with van der Waals surface area (Å²) in [6.07, 6.45) is 1.44. The van der Waals surface area contributed by atoms with E-state index in [1.165, 1.54) is 4.90 Å². The monoisotopic (exact) mass is 605 g/mol. The molecule has 2 aromatic carbocycles. The Hall–Kier alpha value is -1.85. The highest BCUT2D eigenvalue weighted by molar-refractivity contribution is 14.1. The summed E-state index contributed by atoms with van der Waals surface area (Å²) < 4.78 is 27.1. The summed E-state index contributed by atoms with van der Waals surface area (Å²) in [4.78, 5) is 27.9. The van der Waals surface area contributed by atoms with Crippen LogP contribution in [0, 0.1) is 3.57 Å². The second-order valence-corrected chi connectivity index (χ2v) is 11.6. The lowest BCUT2D eigenvalue weighted by Crippen LogP contribution is -2.53. The summed E-state index contributed by atoms with van der Waals surface area (Å²) in [6.45, 7) is 5.24. The normalized spacial score (nSPS) is 12.3. The molecule has 0 spiro atoms. The first kappa shape index (κ1) is 27.4. The van der Waals surface area contributed by atoms with Gasteiger partial charge in [0.25, 0.3) is 0 Å². The minimum Gasteiger partial charge on any atom is -0.352 e. The molecule has 0 radical (unpaired) electrons. The Balaban J connectivity index is 2.42. The van der Waals surface area contributed by atoms with Crippen molar-refractivity contribution in [1.82, 2.24) is 10.2 Å². The molecule has 2 aromatic rings. The number of hydrogen-bond acceptors (Lipinski definition) is 4. The van der Waals surface area contributed by atoms with Crippen LogP contribution in [-0.4, -0.2) is 50.0 Å². The SMILES string of the molecule is CCC(C(=O)NC(C)C)N(Cc1ccc(Cl)cc1)C(=O)CN(c1ccc(I)cc1)S(C)(=O)=O. The van der Waals surface area contributed by atoms with E-state index in [1.54, 1.807) is 48.5 Å². The predicted molar refractivity (Wildman–Crippen MR) is 141 cm³/mol. The van der Waals surface area contributed by atoms with E-state index in [9.17, 15) is 18.0 Å². The van der Waals surface area contributed by atoms with Crippen molar-refractivity contribution < 1.29 is 18.0 Å². The molecule has 2 rings (SSSR count). The third kappa shape index (κ3) is 8.15. The van der Waals surface area contributed by atoms with Crippen molar-refractivity contribution in [3.8, 4) is 0 Å². The highest BCUT2D eigenvalue weighted by Gasteiger charge is 2.31. The Morgan fingerprint density at radius 3 is 2.12 bits per heavy atom. The number of sulfonamides is 1. The Morgan fingerprint density at radius 1 is 1.06 bits per heavy atom. The van der Waals surface area contributed by atoms with Crippen LogP contribution in [0.1, 0.15) is 32.8 Å². The average Bonchev–Trinajstić information content (AvgIpc) is 2.72. The van der Waals surface area contributed by atoms with Gasteiger partial charge < -0.3 is 10.2 Å². The van der Waals surface area contributed by atoms with Gasteiger partial charge in [-0.3, -0.25) is 13.9 Å². The highest BCUT2D eigenvalue weighted by atomic mass is 127. The van der Waals surface area contributed by atoms with Crippen LogP contribution in [-0.2, 0) is 26.2 Å². The third-order valence-corrected chi connectivity index (χ3v) is 6.99. The molecule has 1 unspecified atom stereocenters. The van der Waals surface area contributed by atoms with Gasteiger partial charge in [0, 0.05) is 21.2 Å². The number of carbonyl (C=O) groups is 2. The molecule has 10 heteroatoms. The molecular formula is C23H29ClIN3O4S. The van der Waals surface area contributed by atoms with E-state index in [1.807, 2.05) is 20.8 Å². The molecule has 0 aliphatic rings. The molecule has 0 aliphatic carbocycles. The smallest absolute Gasteiger partial charge is 0.244 e. The quantitative estimate of drug-likeness (QED) is 0.414. The van der Waals surface area contributed by atoms with E-state index in [-0.39, 0.29) is 18.5 Å². The zero-order valence-corrected chi connectivity index (χ0v) is 22.8. The van der Waals surface area contributed by atoms with Gasteiger partial charge in [-0.05, 0) is 84.8 Å². The van der Waals surface area contributed by atoms with E-state index in [0.717, 1.165) is 19.7 Å². The number of nitrogens with zero attached hydrogens (tertiary/aromatic N) is 2. The molecule has 0 aromatic heterocycles. The molecule has 0 saturated carbocycles. The molecule has 0 bridgehead atoms. The van der Waals surface area contributed by atoms with E-state index in [0.29, 0.717) is 17.1 Å². The fraction of sp³-hybridized carbons (Fsp3) is 0.391. The van der Waals surface area contributed by atoms with E-state index >= 15 is 0 Å². The first-order chi connectivity index (χ1) is 15.4. The second-order valence-electron chi connectivity index (χ2n) is 7.98. The fourth-order valence-electron chi connectivity index (χ4n) is 3.31. The number of benzene rings is 2. The number of nitrogens with one attached hydrogen (secondary N) is 1. The first-order valence-electron chi connectivity index (χ1n) is 10.5. The molecule has 2 amide bonds. The summed E-state index contributed by atoms with van der Waals surface area (Å²) >= 11 is 8.11. The molecule has 33 heavy (non-hydrogen) atoms. The van der Waals surface area contributed by atoms with E-state index in [4.69, 9.17) is 11.6 Å². The van der Waals surface area contributed by atoms with Crippen molar-refractivity contribution in [3.63, 3.8) is 0 Å². The number of amides is 2. The van der Waals surface area contributed by atoms with Crippen molar-refractivity contribution in [3.05, 3.63) is 62.7 Å². The van der Waals surface area contributed by atoms with Gasteiger partial charge in [0.1, 0.15) is 12.6 Å². The van der Waals surface area contributed by atoms with Crippen molar-refractivity contribution in [2.45, 2.75) is 45.8 Å². The van der Waals surface area contributed by atoms with Crippen LogP contribution in [0.2, 0.25) is 5.02 Å². The van der Waals surface area contributed by atoms with Crippen LogP contribution in [0.25, 0.3) is 0 Å². The summed E-state index contributed by atoms with van der Waals surface area (Å²) in [5, 5.41) is 3.42. The van der Waals surface area contributed by atoms with Crippen molar-refractivity contribution in [1.29, 1.82) is 0 Å². The van der Waals surface area contributed by atoms with E-state index in [2.05, 4.69) is 27.9 Å². The molecule has 1 N–H and O–H groups in total. The molecule has 180 valence electrons. The zero-order valence-electron chi connectivity index (χ0n) is 19.1. The maximum absolute atomic E-state index is 13.5. The van der Waals surface area contributed by atoms with Crippen LogP contribution < -0.4 is 9.62 Å². The van der Waals surface area contributed by atoms with Crippen molar-refractivity contribution in [2.24, 2.45) is 0 Å². The Labute approximate surface area is 214 Å². The third-order valence-electron chi connectivity index (χ3n) is 4.88. The van der Waals surface area contributed by atoms with Crippen LogP contribution in [0.3, 0.4) is 0 Å². The molecule has 0 aliphatic heterocycles. The van der Waals surface area contributed by atoms with Crippen LogP contribution >= 0.6 is 34.2 Å². The Kier molecular flexibility index (Phi) is 9.99. The molecule has 0 fully saturated rings. The maximum Gasteiger partial charge on any atom is 0.244 e. The molecule has 1 atom stereocenters. The number of rotatable bonds is 10. The molecule has 0 heterocycles. The predicted octanol–water partition coefficient (Wildman–Crippen LogP) is 4.04. The van der Waals surface area contributed by atoms with Crippen LogP contribution in [0.4, 0.5) is 5.69 Å². The van der Waals surface area contributed by atoms with E-state index < -0.39 is 28.5 Å². The second kappa shape index (κ2) is 12.0. The zero-order chi connectivity index (χ0) is 24.8. The largest absolute Gasteiger partial charge is 0.352 e. The van der Waals surface area contributed by atoms with Gasteiger partial charge in [-0.2, -0.15) is 0 Å². The topological polar surface area (TPSA) is 86.8 Å². The van der Waals surface area contributed by atoms with Gasteiger partial charge >= 0.3 is 0 Å². The van der Waals surface area contributed by atoms with Gasteiger partial charge in [0.15, 0.2) is 0 Å². The van der Waals surface area contributed by atoms with Gasteiger partial charge in [0.2, 0.25) is 21.8 Å². The van der Waals surface area contributed by atoms with Gasteiger partial charge in [-0.1, -0.05) is 30.7 Å².